The summed E-state index contributed by atoms with van der Waals surface area (Å²) in [5, 5.41) is 0. The molecule has 1 aromatic heterocycles. The zero-order valence-corrected chi connectivity index (χ0v) is 8.31. The van der Waals surface area contributed by atoms with Crippen molar-refractivity contribution >= 4 is 5.78 Å². The Labute approximate surface area is 83.6 Å². The minimum absolute atomic E-state index is 0.169. The number of rotatable bonds is 2. The Morgan fingerprint density at radius 2 is 2.29 bits per heavy atom. The van der Waals surface area contributed by atoms with Crippen molar-refractivity contribution < 1.29 is 4.79 Å². The standard InChI is InChI=1S/C11H14N2O/c1-8-2-3-9(6-8)11(14)10-7-12-4-5-13-10/h4-5,7-9H,2-3,6H2,1H3. The van der Waals surface area contributed by atoms with Gasteiger partial charge in [0.05, 0.1) is 6.20 Å². The smallest absolute Gasteiger partial charge is 0.185 e. The molecule has 0 aliphatic heterocycles. The van der Waals surface area contributed by atoms with Crippen LogP contribution in [0.15, 0.2) is 18.6 Å². The SMILES string of the molecule is CC1CCC(C(=O)c2cnccn2)C1. The summed E-state index contributed by atoms with van der Waals surface area (Å²) in [6.45, 7) is 2.20. The van der Waals surface area contributed by atoms with Gasteiger partial charge in [-0.2, -0.15) is 0 Å². The van der Waals surface area contributed by atoms with Crippen LogP contribution in [0.25, 0.3) is 0 Å². The van der Waals surface area contributed by atoms with Crippen molar-refractivity contribution in [2.24, 2.45) is 11.8 Å². The van der Waals surface area contributed by atoms with Gasteiger partial charge in [-0.05, 0) is 25.2 Å². The van der Waals surface area contributed by atoms with E-state index in [-0.39, 0.29) is 11.7 Å². The number of Topliss-reactive ketones (excluding diaryl/α,β-unsaturated/α-hetero) is 1. The van der Waals surface area contributed by atoms with Gasteiger partial charge in [0, 0.05) is 18.3 Å². The predicted octanol–water partition coefficient (Wildman–Crippen LogP) is 2.10. The van der Waals surface area contributed by atoms with E-state index in [4.69, 9.17) is 0 Å². The molecule has 1 heterocycles. The van der Waals surface area contributed by atoms with E-state index in [0.717, 1.165) is 19.3 Å². The lowest BCUT2D eigenvalue weighted by atomic mass is 9.99. The van der Waals surface area contributed by atoms with Crippen LogP contribution in [-0.2, 0) is 0 Å². The molecule has 0 bridgehead atoms. The van der Waals surface area contributed by atoms with Crippen molar-refractivity contribution in [3.05, 3.63) is 24.3 Å². The van der Waals surface area contributed by atoms with E-state index in [1.54, 1.807) is 18.6 Å². The molecule has 0 aromatic carbocycles. The fraction of sp³-hybridized carbons (Fsp3) is 0.545. The summed E-state index contributed by atoms with van der Waals surface area (Å²) >= 11 is 0. The van der Waals surface area contributed by atoms with Crippen molar-refractivity contribution in [1.29, 1.82) is 0 Å². The largest absolute Gasteiger partial charge is 0.292 e. The van der Waals surface area contributed by atoms with Crippen LogP contribution < -0.4 is 0 Å². The zero-order valence-electron chi connectivity index (χ0n) is 8.31. The van der Waals surface area contributed by atoms with Gasteiger partial charge in [-0.25, -0.2) is 4.98 Å². The summed E-state index contributed by atoms with van der Waals surface area (Å²) < 4.78 is 0. The van der Waals surface area contributed by atoms with Crippen molar-refractivity contribution in [2.45, 2.75) is 26.2 Å². The molecular formula is C11H14N2O. The lowest BCUT2D eigenvalue weighted by Gasteiger charge is -2.06. The van der Waals surface area contributed by atoms with E-state index >= 15 is 0 Å². The topological polar surface area (TPSA) is 42.9 Å². The van der Waals surface area contributed by atoms with E-state index in [1.165, 1.54) is 0 Å². The van der Waals surface area contributed by atoms with Crippen molar-refractivity contribution in [2.75, 3.05) is 0 Å². The Hall–Kier alpha value is -1.25. The molecule has 0 amide bonds. The van der Waals surface area contributed by atoms with Crippen molar-refractivity contribution in [3.8, 4) is 0 Å². The summed E-state index contributed by atoms with van der Waals surface area (Å²) in [4.78, 5) is 19.8. The molecule has 1 aliphatic rings. The summed E-state index contributed by atoms with van der Waals surface area (Å²) in [5.74, 6) is 1.03. The van der Waals surface area contributed by atoms with E-state index in [0.29, 0.717) is 11.6 Å². The van der Waals surface area contributed by atoms with E-state index < -0.39 is 0 Å². The highest BCUT2D eigenvalue weighted by Crippen LogP contribution is 2.32. The predicted molar refractivity (Wildman–Crippen MR) is 52.9 cm³/mol. The molecule has 14 heavy (non-hydrogen) atoms. The Kier molecular flexibility index (Phi) is 2.57. The second-order valence-corrected chi connectivity index (χ2v) is 4.07. The number of nitrogens with zero attached hydrogens (tertiary/aromatic N) is 2. The van der Waals surface area contributed by atoms with Gasteiger partial charge in [0.1, 0.15) is 5.69 Å². The second kappa shape index (κ2) is 3.86. The molecule has 74 valence electrons. The van der Waals surface area contributed by atoms with Gasteiger partial charge in [-0.15, -0.1) is 0 Å². The molecular weight excluding hydrogens is 176 g/mol. The highest BCUT2D eigenvalue weighted by Gasteiger charge is 2.28. The first-order valence-electron chi connectivity index (χ1n) is 5.07. The molecule has 1 aliphatic carbocycles. The first kappa shape index (κ1) is 9.31. The summed E-state index contributed by atoms with van der Waals surface area (Å²) in [6, 6.07) is 0. The van der Waals surface area contributed by atoms with Crippen LogP contribution in [0.2, 0.25) is 0 Å². The van der Waals surface area contributed by atoms with Crippen LogP contribution in [0, 0.1) is 11.8 Å². The molecule has 0 N–H and O–H groups in total. The number of hydrogen-bond acceptors (Lipinski definition) is 3. The van der Waals surface area contributed by atoms with E-state index in [2.05, 4.69) is 16.9 Å². The van der Waals surface area contributed by atoms with Gasteiger partial charge in [0.25, 0.3) is 0 Å². The van der Waals surface area contributed by atoms with Gasteiger partial charge in [-0.3, -0.25) is 9.78 Å². The lowest BCUT2D eigenvalue weighted by Crippen LogP contribution is -2.13. The molecule has 0 spiro atoms. The molecule has 0 radical (unpaired) electrons. The van der Waals surface area contributed by atoms with Crippen molar-refractivity contribution in [3.63, 3.8) is 0 Å². The molecule has 0 saturated heterocycles. The first-order valence-corrected chi connectivity index (χ1v) is 5.07. The summed E-state index contributed by atoms with van der Waals surface area (Å²) in [6.07, 6.45) is 7.91. The maximum Gasteiger partial charge on any atom is 0.185 e. The van der Waals surface area contributed by atoms with Crippen LogP contribution >= 0.6 is 0 Å². The quantitative estimate of drug-likeness (QED) is 0.671. The Morgan fingerprint density at radius 1 is 1.43 bits per heavy atom. The third-order valence-corrected chi connectivity index (χ3v) is 2.88. The van der Waals surface area contributed by atoms with E-state index in [9.17, 15) is 4.79 Å². The average Bonchev–Trinajstić information content (AvgIpc) is 2.65. The molecule has 3 nitrogen and oxygen atoms in total. The maximum atomic E-state index is 11.9. The van der Waals surface area contributed by atoms with Crippen molar-refractivity contribution in [1.82, 2.24) is 9.97 Å². The Balaban J connectivity index is 2.10. The number of ketones is 1. The zero-order chi connectivity index (χ0) is 9.97. The number of carbonyl (C=O) groups excluding carboxylic acids is 1. The molecule has 2 rings (SSSR count). The number of aromatic nitrogens is 2. The van der Waals surface area contributed by atoms with Crippen LogP contribution in [0.3, 0.4) is 0 Å². The molecule has 2 atom stereocenters. The number of carbonyl (C=O) groups is 1. The van der Waals surface area contributed by atoms with E-state index in [1.807, 2.05) is 0 Å². The minimum atomic E-state index is 0.169. The Bertz CT molecular complexity index is 323. The highest BCUT2D eigenvalue weighted by atomic mass is 16.1. The first-order chi connectivity index (χ1) is 6.77. The van der Waals surface area contributed by atoms with Crippen LogP contribution in [0.5, 0.6) is 0 Å². The fourth-order valence-electron chi connectivity index (χ4n) is 2.08. The van der Waals surface area contributed by atoms with Gasteiger partial charge in [-0.1, -0.05) is 6.92 Å². The van der Waals surface area contributed by atoms with Gasteiger partial charge < -0.3 is 0 Å². The maximum absolute atomic E-state index is 11.9. The normalized spacial score (nSPS) is 26.4. The lowest BCUT2D eigenvalue weighted by molar-refractivity contribution is 0.0915. The van der Waals surface area contributed by atoms with Crippen LogP contribution in [0.1, 0.15) is 36.7 Å². The molecule has 1 aromatic rings. The van der Waals surface area contributed by atoms with Gasteiger partial charge in [0.15, 0.2) is 5.78 Å². The third kappa shape index (κ3) is 1.81. The molecule has 3 heteroatoms. The summed E-state index contributed by atoms with van der Waals surface area (Å²) in [7, 11) is 0. The number of hydrogen-bond donors (Lipinski definition) is 0. The fourth-order valence-corrected chi connectivity index (χ4v) is 2.08. The molecule has 1 fully saturated rings. The highest BCUT2D eigenvalue weighted by molar-refractivity contribution is 5.95. The molecule has 2 unspecified atom stereocenters. The summed E-state index contributed by atoms with van der Waals surface area (Å²) in [5.41, 5.74) is 0.520. The minimum Gasteiger partial charge on any atom is -0.292 e. The van der Waals surface area contributed by atoms with Gasteiger partial charge >= 0.3 is 0 Å². The third-order valence-electron chi connectivity index (χ3n) is 2.88. The van der Waals surface area contributed by atoms with Crippen LogP contribution in [0.4, 0.5) is 0 Å². The monoisotopic (exact) mass is 190 g/mol. The Morgan fingerprint density at radius 3 is 2.86 bits per heavy atom. The average molecular weight is 190 g/mol. The molecule has 1 saturated carbocycles. The van der Waals surface area contributed by atoms with Gasteiger partial charge in [0.2, 0.25) is 0 Å². The second-order valence-electron chi connectivity index (χ2n) is 4.07. The van der Waals surface area contributed by atoms with Crippen LogP contribution in [-0.4, -0.2) is 15.8 Å².